The van der Waals surface area contributed by atoms with Crippen molar-refractivity contribution in [2.24, 2.45) is 0 Å². The van der Waals surface area contributed by atoms with Crippen LogP contribution in [0.25, 0.3) is 0 Å². The van der Waals surface area contributed by atoms with Crippen molar-refractivity contribution in [2.75, 3.05) is 7.11 Å². The van der Waals surface area contributed by atoms with Crippen LogP contribution >= 0.6 is 11.6 Å². The molecule has 0 N–H and O–H groups in total. The highest BCUT2D eigenvalue weighted by Gasteiger charge is 1.98. The van der Waals surface area contributed by atoms with Crippen molar-refractivity contribution in [1.29, 1.82) is 0 Å². The van der Waals surface area contributed by atoms with Gasteiger partial charge >= 0.3 is 0 Å². The third-order valence-corrected chi connectivity index (χ3v) is 1.49. The van der Waals surface area contributed by atoms with Crippen LogP contribution in [0.5, 0.6) is 0 Å². The summed E-state index contributed by atoms with van der Waals surface area (Å²) in [5.41, 5.74) is 0.918. The summed E-state index contributed by atoms with van der Waals surface area (Å²) in [7, 11) is 1.58. The van der Waals surface area contributed by atoms with E-state index >= 15 is 0 Å². The van der Waals surface area contributed by atoms with Crippen LogP contribution in [-0.4, -0.2) is 7.11 Å². The van der Waals surface area contributed by atoms with E-state index in [9.17, 15) is 0 Å². The molecule has 0 fully saturated rings. The summed E-state index contributed by atoms with van der Waals surface area (Å²) < 4.78 is 5.01. The van der Waals surface area contributed by atoms with E-state index in [0.717, 1.165) is 5.57 Å². The van der Waals surface area contributed by atoms with E-state index in [1.54, 1.807) is 19.3 Å². The number of halogens is 1. The third kappa shape index (κ3) is 3.89. The van der Waals surface area contributed by atoms with Gasteiger partial charge in [-0.2, -0.15) is 0 Å². The molecule has 0 aromatic heterocycles. The van der Waals surface area contributed by atoms with Gasteiger partial charge in [-0.1, -0.05) is 29.8 Å². The Morgan fingerprint density at radius 2 is 2.09 bits per heavy atom. The van der Waals surface area contributed by atoms with Gasteiger partial charge in [0, 0.05) is 0 Å². The first-order valence-corrected chi connectivity index (χ1v) is 3.73. The smallest absolute Gasteiger partial charge is 0.137 e. The van der Waals surface area contributed by atoms with Crippen molar-refractivity contribution >= 4 is 11.6 Å². The summed E-state index contributed by atoms with van der Waals surface area (Å²) >= 11 is 5.80. The van der Waals surface area contributed by atoms with Crippen molar-refractivity contribution in [3.63, 3.8) is 0 Å². The average Bonchev–Trinajstić information content (AvgIpc) is 1.98. The van der Waals surface area contributed by atoms with Gasteiger partial charge in [0.1, 0.15) is 5.76 Å². The van der Waals surface area contributed by atoms with E-state index in [1.807, 2.05) is 13.8 Å². The van der Waals surface area contributed by atoms with Crippen molar-refractivity contribution in [2.45, 2.75) is 13.8 Å². The molecular formula is C9H13ClO. The maximum Gasteiger partial charge on any atom is 0.137 e. The predicted molar refractivity (Wildman–Crippen MR) is 49.5 cm³/mol. The number of allylic oxidation sites excluding steroid dienone is 4. The fourth-order valence-corrected chi connectivity index (χ4v) is 0.723. The molecule has 0 aliphatic heterocycles. The van der Waals surface area contributed by atoms with Crippen LogP contribution < -0.4 is 0 Å². The Bertz CT molecular complexity index is 202. The molecule has 0 aromatic carbocycles. The van der Waals surface area contributed by atoms with Gasteiger partial charge < -0.3 is 4.74 Å². The summed E-state index contributed by atoms with van der Waals surface area (Å²) in [4.78, 5) is 0. The maximum absolute atomic E-state index is 5.80. The molecule has 2 heteroatoms. The largest absolute Gasteiger partial charge is 0.495 e. The highest BCUT2D eigenvalue weighted by molar-refractivity contribution is 6.31. The molecule has 0 bridgehead atoms. The molecule has 0 saturated carbocycles. The summed E-state index contributed by atoms with van der Waals surface area (Å²) in [6.45, 7) is 7.46. The van der Waals surface area contributed by atoms with Crippen LogP contribution in [0.4, 0.5) is 0 Å². The minimum Gasteiger partial charge on any atom is -0.495 e. The number of methoxy groups -OCH3 is 1. The lowest BCUT2D eigenvalue weighted by molar-refractivity contribution is 0.304. The molecule has 0 rings (SSSR count). The fourth-order valence-electron chi connectivity index (χ4n) is 0.591. The minimum absolute atomic E-state index is 0.607. The van der Waals surface area contributed by atoms with Crippen LogP contribution in [-0.2, 0) is 4.74 Å². The van der Waals surface area contributed by atoms with E-state index in [0.29, 0.717) is 10.8 Å². The van der Waals surface area contributed by atoms with Crippen molar-refractivity contribution < 1.29 is 4.74 Å². The van der Waals surface area contributed by atoms with Crippen LogP contribution in [0.2, 0.25) is 0 Å². The molecule has 0 radical (unpaired) electrons. The van der Waals surface area contributed by atoms with Crippen LogP contribution in [0, 0.1) is 0 Å². The SMILES string of the molecule is C=C(C)/C=C(OC)\C(Cl)=C/C. The Morgan fingerprint density at radius 3 is 2.36 bits per heavy atom. The Hall–Kier alpha value is -0.690. The van der Waals surface area contributed by atoms with Gasteiger partial charge in [0.05, 0.1) is 12.1 Å². The van der Waals surface area contributed by atoms with E-state index in [4.69, 9.17) is 16.3 Å². The summed E-state index contributed by atoms with van der Waals surface area (Å²) in [5.74, 6) is 0.654. The zero-order chi connectivity index (χ0) is 8.85. The minimum atomic E-state index is 0.607. The van der Waals surface area contributed by atoms with E-state index in [2.05, 4.69) is 6.58 Å². The number of ether oxygens (including phenoxy) is 1. The Morgan fingerprint density at radius 1 is 1.55 bits per heavy atom. The second-order valence-electron chi connectivity index (χ2n) is 2.20. The Balaban J connectivity index is 4.53. The molecule has 1 nitrogen and oxygen atoms in total. The number of rotatable bonds is 3. The standard InChI is InChI=1S/C9H13ClO/c1-5-8(10)9(11-4)6-7(2)3/h5-6H,2H2,1,3-4H3/b8-5+,9-6+. The molecular weight excluding hydrogens is 160 g/mol. The summed E-state index contributed by atoms with van der Waals surface area (Å²) in [6, 6.07) is 0. The molecule has 0 spiro atoms. The van der Waals surface area contributed by atoms with Gasteiger partial charge in [-0.25, -0.2) is 0 Å². The molecule has 11 heavy (non-hydrogen) atoms. The van der Waals surface area contributed by atoms with Crippen molar-refractivity contribution in [3.05, 3.63) is 35.1 Å². The molecule has 0 unspecified atom stereocenters. The van der Waals surface area contributed by atoms with Gasteiger partial charge in [0.2, 0.25) is 0 Å². The summed E-state index contributed by atoms with van der Waals surface area (Å²) in [5, 5.41) is 0.607. The lowest BCUT2D eigenvalue weighted by Gasteiger charge is -2.03. The lowest BCUT2D eigenvalue weighted by atomic mass is 10.3. The van der Waals surface area contributed by atoms with Gasteiger partial charge in [-0.3, -0.25) is 0 Å². The topological polar surface area (TPSA) is 9.23 Å². The first-order valence-electron chi connectivity index (χ1n) is 3.35. The molecule has 0 aliphatic rings. The molecule has 0 heterocycles. The second kappa shape index (κ2) is 5.03. The van der Waals surface area contributed by atoms with E-state index in [1.165, 1.54) is 0 Å². The first kappa shape index (κ1) is 10.3. The third-order valence-electron chi connectivity index (χ3n) is 1.09. The first-order chi connectivity index (χ1) is 5.11. The predicted octanol–water partition coefficient (Wildman–Crippen LogP) is 3.24. The molecule has 0 saturated heterocycles. The Labute approximate surface area is 73.0 Å². The normalized spacial score (nSPS) is 13.1. The number of hydrogen-bond acceptors (Lipinski definition) is 1. The molecule has 0 amide bonds. The molecule has 0 aromatic rings. The number of hydrogen-bond donors (Lipinski definition) is 0. The summed E-state index contributed by atoms with van der Waals surface area (Å²) in [6.07, 6.45) is 3.57. The van der Waals surface area contributed by atoms with Crippen LogP contribution in [0.1, 0.15) is 13.8 Å². The van der Waals surface area contributed by atoms with E-state index in [-0.39, 0.29) is 0 Å². The Kier molecular flexibility index (Phi) is 4.71. The van der Waals surface area contributed by atoms with Gasteiger partial charge in [0.15, 0.2) is 0 Å². The zero-order valence-electron chi connectivity index (χ0n) is 7.15. The quantitative estimate of drug-likeness (QED) is 0.469. The maximum atomic E-state index is 5.80. The highest BCUT2D eigenvalue weighted by Crippen LogP contribution is 2.16. The van der Waals surface area contributed by atoms with Crippen LogP contribution in [0.3, 0.4) is 0 Å². The lowest BCUT2D eigenvalue weighted by Crippen LogP contribution is -1.86. The second-order valence-corrected chi connectivity index (χ2v) is 2.60. The molecule has 0 aliphatic carbocycles. The average molecular weight is 173 g/mol. The van der Waals surface area contributed by atoms with Crippen molar-refractivity contribution in [1.82, 2.24) is 0 Å². The van der Waals surface area contributed by atoms with Gasteiger partial charge in [0.25, 0.3) is 0 Å². The molecule has 0 atom stereocenters. The zero-order valence-corrected chi connectivity index (χ0v) is 7.90. The highest BCUT2D eigenvalue weighted by atomic mass is 35.5. The molecule has 62 valence electrons. The van der Waals surface area contributed by atoms with Gasteiger partial charge in [-0.15, -0.1) is 0 Å². The van der Waals surface area contributed by atoms with Crippen LogP contribution in [0.15, 0.2) is 35.1 Å². The fraction of sp³-hybridized carbons (Fsp3) is 0.333. The van der Waals surface area contributed by atoms with E-state index < -0.39 is 0 Å². The monoisotopic (exact) mass is 172 g/mol. The van der Waals surface area contributed by atoms with Crippen molar-refractivity contribution in [3.8, 4) is 0 Å². The van der Waals surface area contributed by atoms with Gasteiger partial charge in [-0.05, 0) is 19.9 Å².